The number of aromatic nitrogens is 2. The Bertz CT molecular complexity index is 842. The first kappa shape index (κ1) is 17.4. The van der Waals surface area contributed by atoms with Crippen LogP contribution in [0.15, 0.2) is 30.5 Å². The zero-order valence-electron chi connectivity index (χ0n) is 14.8. The van der Waals surface area contributed by atoms with E-state index in [0.29, 0.717) is 42.1 Å². The number of hydrogen-bond donors (Lipinski definition) is 1. The van der Waals surface area contributed by atoms with Gasteiger partial charge >= 0.3 is 5.97 Å². The Kier molecular flexibility index (Phi) is 4.95. The minimum absolute atomic E-state index is 0.308. The van der Waals surface area contributed by atoms with Crippen molar-refractivity contribution in [2.45, 2.75) is 31.7 Å². The molecule has 0 unspecified atom stereocenters. The molecule has 2 aromatic rings. The maximum atomic E-state index is 12.2. The molecule has 0 spiro atoms. The van der Waals surface area contributed by atoms with Gasteiger partial charge in [0.15, 0.2) is 18.1 Å². The van der Waals surface area contributed by atoms with E-state index in [4.69, 9.17) is 14.2 Å². The lowest BCUT2D eigenvalue weighted by Crippen LogP contribution is -2.23. The fourth-order valence-corrected chi connectivity index (χ4v) is 3.42. The SMILES string of the molecule is O=C(COC(=O)c1ccc2c(c1)OCCO2)Nc1ccnn1C1CCCC1. The molecule has 2 heterocycles. The van der Waals surface area contributed by atoms with Gasteiger partial charge in [-0.1, -0.05) is 12.8 Å². The number of hydrogen-bond acceptors (Lipinski definition) is 6. The molecule has 0 radical (unpaired) electrons. The molecule has 1 aromatic carbocycles. The van der Waals surface area contributed by atoms with Crippen molar-refractivity contribution in [3.63, 3.8) is 0 Å². The van der Waals surface area contributed by atoms with Crippen LogP contribution in [0, 0.1) is 0 Å². The highest BCUT2D eigenvalue weighted by Crippen LogP contribution is 2.32. The molecule has 0 bridgehead atoms. The highest BCUT2D eigenvalue weighted by molar-refractivity contribution is 5.95. The van der Waals surface area contributed by atoms with E-state index in [-0.39, 0.29) is 6.61 Å². The number of anilines is 1. The van der Waals surface area contributed by atoms with E-state index in [1.165, 1.54) is 12.8 Å². The molecule has 0 saturated heterocycles. The summed E-state index contributed by atoms with van der Waals surface area (Å²) in [7, 11) is 0. The lowest BCUT2D eigenvalue weighted by molar-refractivity contribution is -0.119. The summed E-state index contributed by atoms with van der Waals surface area (Å²) >= 11 is 0. The lowest BCUT2D eigenvalue weighted by atomic mass is 10.2. The Balaban J connectivity index is 1.33. The van der Waals surface area contributed by atoms with Crippen LogP contribution in [0.4, 0.5) is 5.82 Å². The molecule has 8 nitrogen and oxygen atoms in total. The Morgan fingerprint density at radius 2 is 1.93 bits per heavy atom. The standard InChI is InChI=1S/C19H21N3O5/c23-18(21-17-7-8-20-22(17)14-3-1-2-4-14)12-27-19(24)13-5-6-15-16(11-13)26-10-9-25-15/h5-8,11,14H,1-4,9-10,12H2,(H,21,23). The molecule has 1 N–H and O–H groups in total. The zero-order valence-corrected chi connectivity index (χ0v) is 14.8. The summed E-state index contributed by atoms with van der Waals surface area (Å²) in [5.74, 6) is 0.727. The summed E-state index contributed by atoms with van der Waals surface area (Å²) in [6.45, 7) is 0.542. The van der Waals surface area contributed by atoms with Crippen molar-refractivity contribution in [2.75, 3.05) is 25.1 Å². The molecule has 8 heteroatoms. The van der Waals surface area contributed by atoms with Gasteiger partial charge in [-0.3, -0.25) is 4.79 Å². The molecule has 1 aliphatic carbocycles. The summed E-state index contributed by atoms with van der Waals surface area (Å²) in [5.41, 5.74) is 0.308. The maximum absolute atomic E-state index is 12.2. The number of ether oxygens (including phenoxy) is 3. The van der Waals surface area contributed by atoms with Crippen LogP contribution in [0.3, 0.4) is 0 Å². The third-order valence-electron chi connectivity index (χ3n) is 4.72. The van der Waals surface area contributed by atoms with Crippen LogP contribution >= 0.6 is 0 Å². The van der Waals surface area contributed by atoms with Crippen LogP contribution in [0.2, 0.25) is 0 Å². The topological polar surface area (TPSA) is 91.7 Å². The second kappa shape index (κ2) is 7.69. The molecule has 1 amide bonds. The van der Waals surface area contributed by atoms with Gasteiger partial charge in [-0.15, -0.1) is 0 Å². The second-order valence-electron chi connectivity index (χ2n) is 6.58. The average Bonchev–Trinajstić information content (AvgIpc) is 3.37. The van der Waals surface area contributed by atoms with Crippen LogP contribution in [0.25, 0.3) is 0 Å². The summed E-state index contributed by atoms with van der Waals surface area (Å²) in [5, 5.41) is 7.07. The highest BCUT2D eigenvalue weighted by Gasteiger charge is 2.21. The van der Waals surface area contributed by atoms with E-state index >= 15 is 0 Å². The number of esters is 1. The van der Waals surface area contributed by atoms with E-state index in [0.717, 1.165) is 12.8 Å². The molecule has 1 fully saturated rings. The second-order valence-corrected chi connectivity index (χ2v) is 6.58. The molecular formula is C19H21N3O5. The van der Waals surface area contributed by atoms with Crippen molar-refractivity contribution in [1.82, 2.24) is 9.78 Å². The number of rotatable bonds is 5. The van der Waals surface area contributed by atoms with Crippen molar-refractivity contribution in [3.05, 3.63) is 36.0 Å². The molecule has 142 valence electrons. The highest BCUT2D eigenvalue weighted by atomic mass is 16.6. The number of fused-ring (bicyclic) bond motifs is 1. The van der Waals surface area contributed by atoms with Gasteiger partial charge in [0.2, 0.25) is 0 Å². The van der Waals surface area contributed by atoms with Crippen LogP contribution in [0.5, 0.6) is 11.5 Å². The first-order chi connectivity index (χ1) is 13.2. The zero-order chi connectivity index (χ0) is 18.6. The predicted octanol–water partition coefficient (Wildman–Crippen LogP) is 2.56. The normalized spacial score (nSPS) is 16.1. The lowest BCUT2D eigenvalue weighted by Gasteiger charge is -2.18. The predicted molar refractivity (Wildman–Crippen MR) is 96.1 cm³/mol. The Hall–Kier alpha value is -3.03. The number of carbonyl (C=O) groups is 2. The van der Waals surface area contributed by atoms with Gasteiger partial charge in [-0.2, -0.15) is 5.10 Å². The Labute approximate surface area is 156 Å². The number of amides is 1. The monoisotopic (exact) mass is 371 g/mol. The molecular weight excluding hydrogens is 350 g/mol. The molecule has 1 aliphatic heterocycles. The molecule has 27 heavy (non-hydrogen) atoms. The van der Waals surface area contributed by atoms with Crippen LogP contribution in [-0.4, -0.2) is 41.5 Å². The van der Waals surface area contributed by atoms with E-state index in [1.807, 2.05) is 4.68 Å². The van der Waals surface area contributed by atoms with Crippen molar-refractivity contribution in [1.29, 1.82) is 0 Å². The minimum atomic E-state index is -0.591. The fraction of sp³-hybridized carbons (Fsp3) is 0.421. The largest absolute Gasteiger partial charge is 0.486 e. The number of nitrogens with one attached hydrogen (secondary N) is 1. The van der Waals surface area contributed by atoms with Gasteiger partial charge < -0.3 is 19.5 Å². The van der Waals surface area contributed by atoms with Crippen LogP contribution < -0.4 is 14.8 Å². The van der Waals surface area contributed by atoms with Crippen molar-refractivity contribution < 1.29 is 23.8 Å². The van der Waals surface area contributed by atoms with Crippen molar-refractivity contribution in [3.8, 4) is 11.5 Å². The number of benzene rings is 1. The van der Waals surface area contributed by atoms with E-state index in [2.05, 4.69) is 10.4 Å². The van der Waals surface area contributed by atoms with E-state index in [9.17, 15) is 9.59 Å². The summed E-state index contributed by atoms with van der Waals surface area (Å²) < 4.78 is 17.8. The first-order valence-electron chi connectivity index (χ1n) is 9.11. The van der Waals surface area contributed by atoms with Gasteiger partial charge in [0.1, 0.15) is 19.0 Å². The van der Waals surface area contributed by atoms with E-state index in [1.54, 1.807) is 30.5 Å². The van der Waals surface area contributed by atoms with Crippen molar-refractivity contribution >= 4 is 17.7 Å². The third kappa shape index (κ3) is 3.89. The summed E-state index contributed by atoms with van der Waals surface area (Å²) in [4.78, 5) is 24.4. The fourth-order valence-electron chi connectivity index (χ4n) is 3.42. The molecule has 2 aliphatic rings. The van der Waals surface area contributed by atoms with Crippen molar-refractivity contribution in [2.24, 2.45) is 0 Å². The molecule has 0 atom stereocenters. The number of carbonyl (C=O) groups excluding carboxylic acids is 2. The van der Waals surface area contributed by atoms with Gasteiger partial charge in [-0.05, 0) is 31.0 Å². The van der Waals surface area contributed by atoms with Gasteiger partial charge in [0, 0.05) is 6.07 Å². The smallest absolute Gasteiger partial charge is 0.338 e. The average molecular weight is 371 g/mol. The van der Waals surface area contributed by atoms with Gasteiger partial charge in [0.25, 0.3) is 5.91 Å². The quantitative estimate of drug-likeness (QED) is 0.812. The third-order valence-corrected chi connectivity index (χ3v) is 4.72. The number of nitrogens with zero attached hydrogens (tertiary/aromatic N) is 2. The minimum Gasteiger partial charge on any atom is -0.486 e. The Morgan fingerprint density at radius 3 is 2.74 bits per heavy atom. The van der Waals surface area contributed by atoms with Gasteiger partial charge in [-0.25, -0.2) is 9.48 Å². The molecule has 1 aromatic heterocycles. The summed E-state index contributed by atoms with van der Waals surface area (Å²) in [6, 6.07) is 6.87. The first-order valence-corrected chi connectivity index (χ1v) is 9.11. The maximum Gasteiger partial charge on any atom is 0.338 e. The van der Waals surface area contributed by atoms with Gasteiger partial charge in [0.05, 0.1) is 17.8 Å². The Morgan fingerprint density at radius 1 is 1.15 bits per heavy atom. The summed E-state index contributed by atoms with van der Waals surface area (Å²) in [6.07, 6.45) is 6.12. The molecule has 4 rings (SSSR count). The van der Waals surface area contributed by atoms with Crippen LogP contribution in [-0.2, 0) is 9.53 Å². The van der Waals surface area contributed by atoms with E-state index < -0.39 is 11.9 Å². The van der Waals surface area contributed by atoms with Crippen LogP contribution in [0.1, 0.15) is 42.1 Å². The molecule has 1 saturated carbocycles.